The molecule has 2 fully saturated rings. The topological polar surface area (TPSA) is 60.9 Å². The van der Waals surface area contributed by atoms with E-state index < -0.39 is 5.97 Å². The van der Waals surface area contributed by atoms with Crippen LogP contribution < -0.4 is 0 Å². The van der Waals surface area contributed by atoms with Gasteiger partial charge in [-0.25, -0.2) is 0 Å². The van der Waals surface area contributed by atoms with Gasteiger partial charge in [0.1, 0.15) is 0 Å². The third-order valence-electron chi connectivity index (χ3n) is 4.97. The molecule has 0 aromatic carbocycles. The van der Waals surface area contributed by atoms with Crippen molar-refractivity contribution in [2.24, 2.45) is 11.8 Å². The van der Waals surface area contributed by atoms with Gasteiger partial charge < -0.3 is 14.9 Å². The zero-order chi connectivity index (χ0) is 15.4. The SMILES string of the molecule is CN(C)CCN(C(=O)[C@@H]1CC[C@H](C(=O)O)C1)C1CCCC1. The van der Waals surface area contributed by atoms with Crippen molar-refractivity contribution in [2.75, 3.05) is 27.2 Å². The minimum Gasteiger partial charge on any atom is -0.481 e. The average Bonchev–Trinajstić information content (AvgIpc) is 3.09. The second-order valence-electron chi connectivity index (χ2n) is 6.82. The number of carboxylic acid groups (broad SMARTS) is 1. The molecule has 5 heteroatoms. The van der Waals surface area contributed by atoms with Crippen LogP contribution in [0.5, 0.6) is 0 Å². The summed E-state index contributed by atoms with van der Waals surface area (Å²) in [6.07, 6.45) is 6.54. The second-order valence-corrected chi connectivity index (χ2v) is 6.82. The van der Waals surface area contributed by atoms with E-state index in [1.165, 1.54) is 12.8 Å². The highest BCUT2D eigenvalue weighted by Gasteiger charge is 2.38. The number of hydrogen-bond acceptors (Lipinski definition) is 3. The average molecular weight is 296 g/mol. The van der Waals surface area contributed by atoms with Gasteiger partial charge in [0, 0.05) is 25.0 Å². The Morgan fingerprint density at radius 1 is 1.00 bits per heavy atom. The molecular formula is C16H28N2O3. The number of carbonyl (C=O) groups is 2. The molecule has 2 atom stereocenters. The van der Waals surface area contributed by atoms with E-state index >= 15 is 0 Å². The smallest absolute Gasteiger partial charge is 0.306 e. The molecule has 2 aliphatic rings. The third kappa shape index (κ3) is 4.19. The minimum atomic E-state index is -0.744. The predicted molar refractivity (Wildman–Crippen MR) is 81.0 cm³/mol. The molecule has 1 N–H and O–H groups in total. The van der Waals surface area contributed by atoms with Gasteiger partial charge in [-0.2, -0.15) is 0 Å². The molecule has 0 heterocycles. The molecule has 120 valence electrons. The second kappa shape index (κ2) is 7.25. The molecule has 2 rings (SSSR count). The maximum Gasteiger partial charge on any atom is 0.306 e. The van der Waals surface area contributed by atoms with Crippen molar-refractivity contribution in [3.8, 4) is 0 Å². The lowest BCUT2D eigenvalue weighted by Gasteiger charge is -2.32. The van der Waals surface area contributed by atoms with Crippen molar-refractivity contribution >= 4 is 11.9 Å². The quantitative estimate of drug-likeness (QED) is 0.812. The molecule has 1 amide bonds. The Morgan fingerprint density at radius 2 is 1.62 bits per heavy atom. The molecule has 0 aliphatic heterocycles. The maximum absolute atomic E-state index is 12.8. The minimum absolute atomic E-state index is 0.0751. The lowest BCUT2D eigenvalue weighted by atomic mass is 10.0. The lowest BCUT2D eigenvalue weighted by molar-refractivity contribution is -0.142. The summed E-state index contributed by atoms with van der Waals surface area (Å²) in [4.78, 5) is 28.1. The summed E-state index contributed by atoms with van der Waals surface area (Å²) in [6.45, 7) is 1.64. The van der Waals surface area contributed by atoms with Gasteiger partial charge in [-0.1, -0.05) is 12.8 Å². The molecule has 2 aliphatic carbocycles. The van der Waals surface area contributed by atoms with Crippen LogP contribution in [0, 0.1) is 11.8 Å². The van der Waals surface area contributed by atoms with Crippen molar-refractivity contribution in [1.82, 2.24) is 9.80 Å². The van der Waals surface area contributed by atoms with E-state index in [-0.39, 0.29) is 17.7 Å². The Bertz CT molecular complexity index is 378. The van der Waals surface area contributed by atoms with Crippen LogP contribution in [0.25, 0.3) is 0 Å². The van der Waals surface area contributed by atoms with Crippen molar-refractivity contribution in [3.05, 3.63) is 0 Å². The van der Waals surface area contributed by atoms with E-state index in [1.807, 2.05) is 14.1 Å². The highest BCUT2D eigenvalue weighted by atomic mass is 16.4. The number of nitrogens with zero attached hydrogens (tertiary/aromatic N) is 2. The number of likely N-dealkylation sites (N-methyl/N-ethyl adjacent to an activating group) is 1. The fourth-order valence-corrected chi connectivity index (χ4v) is 3.66. The van der Waals surface area contributed by atoms with Crippen LogP contribution in [0.4, 0.5) is 0 Å². The number of carbonyl (C=O) groups excluding carboxylic acids is 1. The van der Waals surface area contributed by atoms with Crippen LogP contribution in [0.15, 0.2) is 0 Å². The van der Waals surface area contributed by atoms with E-state index in [0.29, 0.717) is 18.9 Å². The molecule has 0 aromatic heterocycles. The Labute approximate surface area is 127 Å². The first kappa shape index (κ1) is 16.3. The van der Waals surface area contributed by atoms with Crippen molar-refractivity contribution in [2.45, 2.75) is 51.0 Å². The van der Waals surface area contributed by atoms with Crippen LogP contribution >= 0.6 is 0 Å². The number of carboxylic acids is 1. The molecular weight excluding hydrogens is 268 g/mol. The largest absolute Gasteiger partial charge is 0.481 e. The highest BCUT2D eigenvalue weighted by Crippen LogP contribution is 2.34. The molecule has 0 aromatic rings. The molecule has 5 nitrogen and oxygen atoms in total. The monoisotopic (exact) mass is 296 g/mol. The zero-order valence-corrected chi connectivity index (χ0v) is 13.3. The first-order chi connectivity index (χ1) is 9.99. The highest BCUT2D eigenvalue weighted by molar-refractivity contribution is 5.81. The van der Waals surface area contributed by atoms with Gasteiger partial charge in [-0.3, -0.25) is 9.59 Å². The molecule has 0 radical (unpaired) electrons. The fourth-order valence-electron chi connectivity index (χ4n) is 3.66. The Kier molecular flexibility index (Phi) is 5.62. The summed E-state index contributed by atoms with van der Waals surface area (Å²) in [5.41, 5.74) is 0. The standard InChI is InChI=1S/C16H28N2O3/c1-17(2)9-10-18(14-5-3-4-6-14)15(19)12-7-8-13(11-12)16(20)21/h12-14H,3-11H2,1-2H3,(H,20,21)/t12-,13+/m1/s1. The molecule has 21 heavy (non-hydrogen) atoms. The van der Waals surface area contributed by atoms with E-state index in [9.17, 15) is 9.59 Å². The molecule has 2 saturated carbocycles. The molecule has 0 spiro atoms. The van der Waals surface area contributed by atoms with Crippen molar-refractivity contribution in [1.29, 1.82) is 0 Å². The number of aliphatic carboxylic acids is 1. The van der Waals surface area contributed by atoms with Crippen LogP contribution in [-0.2, 0) is 9.59 Å². The van der Waals surface area contributed by atoms with Gasteiger partial charge in [0.15, 0.2) is 0 Å². The molecule has 0 unspecified atom stereocenters. The number of hydrogen-bond donors (Lipinski definition) is 1. The summed E-state index contributed by atoms with van der Waals surface area (Å²) in [7, 11) is 4.04. The first-order valence-electron chi connectivity index (χ1n) is 8.17. The maximum atomic E-state index is 12.8. The summed E-state index contributed by atoms with van der Waals surface area (Å²) >= 11 is 0. The van der Waals surface area contributed by atoms with Gasteiger partial charge in [0.25, 0.3) is 0 Å². The van der Waals surface area contributed by atoms with Crippen LogP contribution in [0.2, 0.25) is 0 Å². The van der Waals surface area contributed by atoms with Crippen LogP contribution in [0.1, 0.15) is 44.9 Å². The van der Waals surface area contributed by atoms with Gasteiger partial charge in [0.2, 0.25) is 5.91 Å². The predicted octanol–water partition coefficient (Wildman–Crippen LogP) is 1.82. The Morgan fingerprint density at radius 3 is 2.14 bits per heavy atom. The van der Waals surface area contributed by atoms with Crippen molar-refractivity contribution < 1.29 is 14.7 Å². The van der Waals surface area contributed by atoms with E-state index in [4.69, 9.17) is 5.11 Å². The summed E-state index contributed by atoms with van der Waals surface area (Å²) in [5, 5.41) is 9.11. The van der Waals surface area contributed by atoms with Gasteiger partial charge in [-0.05, 0) is 46.2 Å². The van der Waals surface area contributed by atoms with Gasteiger partial charge in [-0.15, -0.1) is 0 Å². The van der Waals surface area contributed by atoms with E-state index in [0.717, 1.165) is 32.4 Å². The Hall–Kier alpha value is -1.10. The zero-order valence-electron chi connectivity index (χ0n) is 13.3. The van der Waals surface area contributed by atoms with Crippen LogP contribution in [0.3, 0.4) is 0 Å². The Balaban J connectivity index is 1.98. The number of rotatable bonds is 6. The number of amides is 1. The van der Waals surface area contributed by atoms with E-state index in [2.05, 4.69) is 9.80 Å². The normalized spacial score (nSPS) is 26.4. The van der Waals surface area contributed by atoms with Gasteiger partial charge in [0.05, 0.1) is 5.92 Å². The van der Waals surface area contributed by atoms with E-state index in [1.54, 1.807) is 0 Å². The summed E-state index contributed by atoms with van der Waals surface area (Å²) < 4.78 is 0. The fraction of sp³-hybridized carbons (Fsp3) is 0.875. The van der Waals surface area contributed by atoms with Crippen molar-refractivity contribution in [3.63, 3.8) is 0 Å². The summed E-state index contributed by atoms with van der Waals surface area (Å²) in [6, 6.07) is 0.376. The van der Waals surface area contributed by atoms with Crippen LogP contribution in [-0.4, -0.2) is 60.0 Å². The molecule has 0 bridgehead atoms. The molecule has 0 saturated heterocycles. The summed E-state index contributed by atoms with van der Waals surface area (Å²) in [5.74, 6) is -0.939. The lowest BCUT2D eigenvalue weighted by Crippen LogP contribution is -2.45. The third-order valence-corrected chi connectivity index (χ3v) is 4.97. The first-order valence-corrected chi connectivity index (χ1v) is 8.17. The van der Waals surface area contributed by atoms with Gasteiger partial charge >= 0.3 is 5.97 Å².